The maximum absolute atomic E-state index is 12.2. The summed E-state index contributed by atoms with van der Waals surface area (Å²) in [7, 11) is 1.39. The Hall–Kier alpha value is -2.18. The highest BCUT2D eigenvalue weighted by Gasteiger charge is 2.06. The van der Waals surface area contributed by atoms with E-state index in [0.29, 0.717) is 30.7 Å². The second-order valence-corrected chi connectivity index (χ2v) is 6.93. The van der Waals surface area contributed by atoms with E-state index < -0.39 is 0 Å². The molecule has 5 nitrogen and oxygen atoms in total. The molecule has 0 aliphatic rings. The summed E-state index contributed by atoms with van der Waals surface area (Å²) in [6.07, 6.45) is 1.40. The van der Waals surface area contributed by atoms with E-state index in [1.54, 1.807) is 11.8 Å². The van der Waals surface area contributed by atoms with Crippen molar-refractivity contribution >= 4 is 47.4 Å². The molecule has 0 radical (unpaired) electrons. The molecule has 0 bridgehead atoms. The minimum Gasteiger partial charge on any atom is -0.469 e. The maximum atomic E-state index is 12.2. The Morgan fingerprint density at radius 3 is 2.63 bits per heavy atom. The van der Waals surface area contributed by atoms with Gasteiger partial charge in [-0.3, -0.25) is 9.59 Å². The van der Waals surface area contributed by atoms with Crippen LogP contribution in [0.25, 0.3) is 0 Å². The third-order valence-corrected chi connectivity index (χ3v) is 4.86. The lowest BCUT2D eigenvalue weighted by molar-refractivity contribution is -0.140. The lowest BCUT2D eigenvalue weighted by atomic mass is 10.1. The van der Waals surface area contributed by atoms with E-state index in [-0.39, 0.29) is 24.3 Å². The number of nitrogens with one attached hydrogen (secondary N) is 1. The van der Waals surface area contributed by atoms with Crippen molar-refractivity contribution in [2.45, 2.75) is 25.0 Å². The van der Waals surface area contributed by atoms with Gasteiger partial charge in [0, 0.05) is 29.3 Å². The summed E-state index contributed by atoms with van der Waals surface area (Å²) in [5.41, 5.74) is 9.48. The van der Waals surface area contributed by atoms with Crippen LogP contribution in [0.4, 0.5) is 11.4 Å². The molecule has 0 aliphatic heterocycles. The normalized spacial score (nSPS) is 9.96. The fourth-order valence-corrected chi connectivity index (χ4v) is 3.29. The summed E-state index contributed by atoms with van der Waals surface area (Å²) in [4.78, 5) is 23.3. The van der Waals surface area contributed by atoms with E-state index in [0.717, 1.165) is 22.6 Å². The molecule has 0 aliphatic carbocycles. The highest BCUT2D eigenvalue weighted by Crippen LogP contribution is 2.18. The topological polar surface area (TPSA) is 81.4 Å². The molecule has 1 amide bonds. The van der Waals surface area contributed by atoms with Crippen LogP contribution in [0.1, 0.15) is 24.0 Å². The van der Waals surface area contributed by atoms with Gasteiger partial charge in [0.05, 0.1) is 13.5 Å². The predicted octanol–water partition coefficient (Wildman–Crippen LogP) is 4.06. The molecule has 3 N–H and O–H groups in total. The van der Waals surface area contributed by atoms with Crippen molar-refractivity contribution in [1.29, 1.82) is 0 Å². The number of rotatable bonds is 9. The van der Waals surface area contributed by atoms with Crippen LogP contribution in [0.2, 0.25) is 0 Å². The summed E-state index contributed by atoms with van der Waals surface area (Å²) >= 11 is 1.66. The third kappa shape index (κ3) is 8.37. The van der Waals surface area contributed by atoms with Crippen molar-refractivity contribution in [2.75, 3.05) is 23.9 Å². The molecule has 0 atom stereocenters. The summed E-state index contributed by atoms with van der Waals surface area (Å²) in [5.74, 6) is 1.25. The zero-order valence-corrected chi connectivity index (χ0v) is 16.9. The standard InChI is InChI=1S/C20H24N2O3S.ClH/c1-25-20(24)11-12-26-14-15-5-4-7-17(13-15)22-19(23)10-9-16-6-2-3-8-18(16)21;/h2-8,13H,9-12,14,21H2,1H3,(H,22,23);1H. The van der Waals surface area contributed by atoms with Crippen molar-refractivity contribution in [3.8, 4) is 0 Å². The molecule has 0 saturated carbocycles. The van der Waals surface area contributed by atoms with Crippen LogP contribution in [0, 0.1) is 0 Å². The van der Waals surface area contributed by atoms with E-state index in [1.807, 2.05) is 48.5 Å². The van der Waals surface area contributed by atoms with Gasteiger partial charge in [-0.25, -0.2) is 0 Å². The van der Waals surface area contributed by atoms with Crippen LogP contribution in [-0.2, 0) is 26.5 Å². The number of nitrogens with two attached hydrogens (primary N) is 1. The van der Waals surface area contributed by atoms with Gasteiger partial charge in [-0.05, 0) is 35.7 Å². The molecule has 0 aromatic heterocycles. The molecule has 2 aromatic carbocycles. The molecule has 0 heterocycles. The largest absolute Gasteiger partial charge is 0.469 e. The fourth-order valence-electron chi connectivity index (χ4n) is 2.42. The Morgan fingerprint density at radius 2 is 1.89 bits per heavy atom. The van der Waals surface area contributed by atoms with Gasteiger partial charge >= 0.3 is 5.97 Å². The number of aryl methyl sites for hydroxylation is 1. The van der Waals surface area contributed by atoms with Crippen LogP contribution in [0.15, 0.2) is 48.5 Å². The number of hydrogen-bond acceptors (Lipinski definition) is 5. The lowest BCUT2D eigenvalue weighted by Gasteiger charge is -2.08. The van der Waals surface area contributed by atoms with Gasteiger partial charge in [0.1, 0.15) is 0 Å². The van der Waals surface area contributed by atoms with Gasteiger partial charge in [-0.15, -0.1) is 12.4 Å². The SMILES string of the molecule is COC(=O)CCSCc1cccc(NC(=O)CCc2ccccc2N)c1.Cl. The van der Waals surface area contributed by atoms with Crippen molar-refractivity contribution in [3.63, 3.8) is 0 Å². The van der Waals surface area contributed by atoms with Crippen LogP contribution < -0.4 is 11.1 Å². The Bertz CT molecular complexity index is 756. The third-order valence-electron chi connectivity index (χ3n) is 3.83. The second-order valence-electron chi connectivity index (χ2n) is 5.83. The molecule has 27 heavy (non-hydrogen) atoms. The number of halogens is 1. The summed E-state index contributed by atoms with van der Waals surface area (Å²) in [6, 6.07) is 15.3. The molecular formula is C20H25ClN2O3S. The number of amides is 1. The van der Waals surface area contributed by atoms with Crippen molar-refractivity contribution in [1.82, 2.24) is 0 Å². The zero-order valence-electron chi connectivity index (χ0n) is 15.3. The maximum Gasteiger partial charge on any atom is 0.306 e. The van der Waals surface area contributed by atoms with E-state index in [9.17, 15) is 9.59 Å². The number of benzene rings is 2. The zero-order chi connectivity index (χ0) is 18.8. The first kappa shape index (κ1) is 22.9. The van der Waals surface area contributed by atoms with E-state index >= 15 is 0 Å². The highest BCUT2D eigenvalue weighted by atomic mass is 35.5. The van der Waals surface area contributed by atoms with Crippen molar-refractivity contribution in [3.05, 3.63) is 59.7 Å². The summed E-state index contributed by atoms with van der Waals surface area (Å²) < 4.78 is 4.62. The number of hydrogen-bond donors (Lipinski definition) is 2. The van der Waals surface area contributed by atoms with Gasteiger partial charge in [0.15, 0.2) is 0 Å². The average Bonchev–Trinajstić information content (AvgIpc) is 2.64. The number of carbonyl (C=O) groups excluding carboxylic acids is 2. The number of esters is 1. The van der Waals surface area contributed by atoms with Crippen LogP contribution in [-0.4, -0.2) is 24.7 Å². The van der Waals surface area contributed by atoms with Gasteiger partial charge in [-0.1, -0.05) is 30.3 Å². The first-order chi connectivity index (χ1) is 12.6. The predicted molar refractivity (Wildman–Crippen MR) is 114 cm³/mol. The number of nitrogen functional groups attached to an aromatic ring is 1. The molecule has 0 fully saturated rings. The smallest absolute Gasteiger partial charge is 0.306 e. The fraction of sp³-hybridized carbons (Fsp3) is 0.300. The van der Waals surface area contributed by atoms with Gasteiger partial charge in [0.25, 0.3) is 0 Å². The number of para-hydroxylation sites is 1. The molecule has 2 aromatic rings. The molecule has 0 spiro atoms. The number of methoxy groups -OCH3 is 1. The van der Waals surface area contributed by atoms with Crippen LogP contribution >= 0.6 is 24.2 Å². The van der Waals surface area contributed by atoms with Gasteiger partial charge < -0.3 is 15.8 Å². The molecule has 0 unspecified atom stereocenters. The minimum atomic E-state index is -0.197. The van der Waals surface area contributed by atoms with E-state index in [2.05, 4.69) is 10.1 Å². The van der Waals surface area contributed by atoms with E-state index in [4.69, 9.17) is 5.73 Å². The average molecular weight is 409 g/mol. The molecule has 0 saturated heterocycles. The number of thioether (sulfide) groups is 1. The monoisotopic (exact) mass is 408 g/mol. The lowest BCUT2D eigenvalue weighted by Crippen LogP contribution is -2.12. The second kappa shape index (κ2) is 12.3. The van der Waals surface area contributed by atoms with Crippen LogP contribution in [0.5, 0.6) is 0 Å². The Morgan fingerprint density at radius 1 is 1.11 bits per heavy atom. The highest BCUT2D eigenvalue weighted by molar-refractivity contribution is 7.98. The number of ether oxygens (including phenoxy) is 1. The van der Waals surface area contributed by atoms with Crippen LogP contribution in [0.3, 0.4) is 0 Å². The Labute approximate surface area is 170 Å². The van der Waals surface area contributed by atoms with E-state index in [1.165, 1.54) is 7.11 Å². The minimum absolute atomic E-state index is 0. The Balaban J connectivity index is 0.00000364. The molecular weight excluding hydrogens is 384 g/mol. The number of carbonyl (C=O) groups is 2. The molecule has 2 rings (SSSR count). The number of anilines is 2. The Kier molecular flexibility index (Phi) is 10.4. The first-order valence-electron chi connectivity index (χ1n) is 8.45. The first-order valence-corrected chi connectivity index (χ1v) is 9.60. The molecule has 7 heteroatoms. The quantitative estimate of drug-likeness (QED) is 0.371. The summed E-state index contributed by atoms with van der Waals surface area (Å²) in [5, 5.41) is 2.93. The van der Waals surface area contributed by atoms with Crippen molar-refractivity contribution < 1.29 is 14.3 Å². The van der Waals surface area contributed by atoms with Gasteiger partial charge in [-0.2, -0.15) is 11.8 Å². The molecule has 146 valence electrons. The van der Waals surface area contributed by atoms with Crippen molar-refractivity contribution in [2.24, 2.45) is 0 Å². The summed E-state index contributed by atoms with van der Waals surface area (Å²) in [6.45, 7) is 0. The van der Waals surface area contributed by atoms with Gasteiger partial charge in [0.2, 0.25) is 5.91 Å².